The number of nitrogens with one attached hydrogen (secondary N) is 3. The van der Waals surface area contributed by atoms with Crippen LogP contribution in [-0.2, 0) is 0 Å². The number of piperidine rings is 1. The van der Waals surface area contributed by atoms with Crippen LogP contribution in [0.1, 0.15) is 40.5 Å². The van der Waals surface area contributed by atoms with E-state index in [4.69, 9.17) is 0 Å². The number of hydrogen-bond acceptors (Lipinski definition) is 2. The molecule has 0 spiro atoms. The van der Waals surface area contributed by atoms with Crippen LogP contribution in [0, 0.1) is 0 Å². The maximum absolute atomic E-state index is 12.2. The third-order valence-electron chi connectivity index (χ3n) is 3.61. The van der Waals surface area contributed by atoms with Crippen LogP contribution in [0.25, 0.3) is 0 Å². The zero-order chi connectivity index (χ0) is 15.7. The summed E-state index contributed by atoms with van der Waals surface area (Å²) in [7, 11) is 0. The predicted octanol–water partition coefficient (Wildman–Crippen LogP) is 3.88. The van der Waals surface area contributed by atoms with Crippen LogP contribution < -0.4 is 16.0 Å². The number of carbonyl (C=O) groups excluding carboxylic acids is 1. The van der Waals surface area contributed by atoms with Gasteiger partial charge in [-0.3, -0.25) is 0 Å². The van der Waals surface area contributed by atoms with E-state index in [1.807, 2.05) is 24.3 Å². The molecule has 116 valence electrons. The van der Waals surface area contributed by atoms with Gasteiger partial charge in [0.15, 0.2) is 0 Å². The van der Waals surface area contributed by atoms with Gasteiger partial charge in [0.05, 0.1) is 0 Å². The van der Waals surface area contributed by atoms with Crippen molar-refractivity contribution in [1.82, 2.24) is 10.6 Å². The Morgan fingerprint density at radius 2 is 1.86 bits per heavy atom. The molecule has 1 aromatic rings. The van der Waals surface area contributed by atoms with Crippen molar-refractivity contribution in [3.8, 4) is 0 Å². The van der Waals surface area contributed by atoms with Crippen molar-refractivity contribution in [3.63, 3.8) is 0 Å². The molecule has 3 N–H and O–H groups in total. The molecule has 0 aromatic heterocycles. The zero-order valence-corrected chi connectivity index (χ0v) is 14.7. The zero-order valence-electron chi connectivity index (χ0n) is 13.1. The molecule has 1 fully saturated rings. The number of hydrogen-bond donors (Lipinski definition) is 3. The topological polar surface area (TPSA) is 53.2 Å². The molecule has 1 aliphatic rings. The highest BCUT2D eigenvalue weighted by atomic mass is 79.9. The lowest BCUT2D eigenvalue weighted by Gasteiger charge is -2.46. The lowest BCUT2D eigenvalue weighted by Crippen LogP contribution is -2.62. The average Bonchev–Trinajstić information content (AvgIpc) is 2.23. The van der Waals surface area contributed by atoms with E-state index in [-0.39, 0.29) is 23.2 Å². The smallest absolute Gasteiger partial charge is 0.319 e. The Bertz CT molecular complexity index is 512. The quantitative estimate of drug-likeness (QED) is 0.755. The fourth-order valence-corrected chi connectivity index (χ4v) is 3.74. The number of benzene rings is 1. The minimum atomic E-state index is -0.147. The van der Waals surface area contributed by atoms with Gasteiger partial charge in [-0.15, -0.1) is 0 Å². The molecule has 1 saturated heterocycles. The summed E-state index contributed by atoms with van der Waals surface area (Å²) >= 11 is 3.40. The summed E-state index contributed by atoms with van der Waals surface area (Å²) in [6.07, 6.45) is 1.84. The first-order valence-electron chi connectivity index (χ1n) is 7.28. The number of urea groups is 1. The molecule has 2 amide bonds. The second-order valence-electron chi connectivity index (χ2n) is 7.11. The molecule has 0 bridgehead atoms. The molecule has 0 unspecified atom stereocenters. The van der Waals surface area contributed by atoms with Crippen LogP contribution in [0.15, 0.2) is 28.7 Å². The summed E-state index contributed by atoms with van der Waals surface area (Å²) in [6, 6.07) is 7.61. The van der Waals surface area contributed by atoms with Crippen LogP contribution in [0.5, 0.6) is 0 Å². The van der Waals surface area contributed by atoms with Gasteiger partial charge in [0.25, 0.3) is 0 Å². The second kappa shape index (κ2) is 5.97. The van der Waals surface area contributed by atoms with Gasteiger partial charge in [-0.1, -0.05) is 22.0 Å². The Kier molecular flexibility index (Phi) is 4.63. The molecule has 1 heterocycles. The first kappa shape index (κ1) is 16.3. The number of halogens is 1. The molecular weight excluding hydrogens is 330 g/mol. The predicted molar refractivity (Wildman–Crippen MR) is 90.6 cm³/mol. The van der Waals surface area contributed by atoms with E-state index in [0.29, 0.717) is 0 Å². The van der Waals surface area contributed by atoms with Gasteiger partial charge in [0, 0.05) is 27.3 Å². The van der Waals surface area contributed by atoms with Gasteiger partial charge in [0.1, 0.15) is 0 Å². The second-order valence-corrected chi connectivity index (χ2v) is 8.02. The summed E-state index contributed by atoms with van der Waals surface area (Å²) in [5.41, 5.74) is 0.833. The fraction of sp³-hybridized carbons (Fsp3) is 0.562. The fourth-order valence-electron chi connectivity index (χ4n) is 3.34. The van der Waals surface area contributed by atoms with Gasteiger partial charge in [-0.05, 0) is 58.7 Å². The maximum Gasteiger partial charge on any atom is 0.319 e. The molecule has 1 aliphatic heterocycles. The highest BCUT2D eigenvalue weighted by molar-refractivity contribution is 9.10. The summed E-state index contributed by atoms with van der Waals surface area (Å²) in [5, 5.41) is 9.59. The lowest BCUT2D eigenvalue weighted by molar-refractivity contribution is 0.149. The number of amides is 2. The van der Waals surface area contributed by atoms with E-state index in [1.165, 1.54) is 0 Å². The van der Waals surface area contributed by atoms with Crippen molar-refractivity contribution in [2.75, 3.05) is 5.32 Å². The normalized spacial score (nSPS) is 20.8. The number of carbonyl (C=O) groups is 1. The van der Waals surface area contributed by atoms with Crippen LogP contribution >= 0.6 is 15.9 Å². The summed E-state index contributed by atoms with van der Waals surface area (Å²) in [6.45, 7) is 8.70. The Morgan fingerprint density at radius 1 is 1.24 bits per heavy atom. The van der Waals surface area contributed by atoms with Crippen molar-refractivity contribution in [1.29, 1.82) is 0 Å². The van der Waals surface area contributed by atoms with E-state index in [1.54, 1.807) is 0 Å². The Morgan fingerprint density at radius 3 is 2.43 bits per heavy atom. The van der Waals surface area contributed by atoms with E-state index in [9.17, 15) is 4.79 Å². The monoisotopic (exact) mass is 353 g/mol. The van der Waals surface area contributed by atoms with Gasteiger partial charge >= 0.3 is 6.03 Å². The van der Waals surface area contributed by atoms with Crippen molar-refractivity contribution in [2.45, 2.75) is 57.7 Å². The minimum absolute atomic E-state index is 0.0233. The first-order chi connectivity index (χ1) is 9.65. The van der Waals surface area contributed by atoms with Crippen LogP contribution in [-0.4, -0.2) is 23.2 Å². The summed E-state index contributed by atoms with van der Waals surface area (Å²) in [5.74, 6) is 0. The van der Waals surface area contributed by atoms with Gasteiger partial charge < -0.3 is 16.0 Å². The van der Waals surface area contributed by atoms with Crippen molar-refractivity contribution in [3.05, 3.63) is 28.7 Å². The highest BCUT2D eigenvalue weighted by Gasteiger charge is 2.38. The maximum atomic E-state index is 12.2. The van der Waals surface area contributed by atoms with Gasteiger partial charge in [0.2, 0.25) is 0 Å². The van der Waals surface area contributed by atoms with Gasteiger partial charge in [-0.2, -0.15) is 0 Å². The van der Waals surface area contributed by atoms with Crippen LogP contribution in [0.4, 0.5) is 10.5 Å². The van der Waals surface area contributed by atoms with Crippen molar-refractivity contribution in [2.24, 2.45) is 0 Å². The number of rotatable bonds is 2. The summed E-state index contributed by atoms with van der Waals surface area (Å²) < 4.78 is 0.949. The Labute approximate surface area is 135 Å². The van der Waals surface area contributed by atoms with Crippen LogP contribution in [0.2, 0.25) is 0 Å². The molecule has 0 aliphatic carbocycles. The Balaban J connectivity index is 1.96. The van der Waals surface area contributed by atoms with Crippen LogP contribution in [0.3, 0.4) is 0 Å². The summed E-state index contributed by atoms with van der Waals surface area (Å²) in [4.78, 5) is 12.2. The first-order valence-corrected chi connectivity index (χ1v) is 8.07. The van der Waals surface area contributed by atoms with E-state index in [2.05, 4.69) is 59.6 Å². The molecule has 21 heavy (non-hydrogen) atoms. The van der Waals surface area contributed by atoms with Crippen molar-refractivity contribution >= 4 is 27.6 Å². The number of anilines is 1. The lowest BCUT2D eigenvalue weighted by atomic mass is 9.80. The molecule has 4 nitrogen and oxygen atoms in total. The standard InChI is InChI=1S/C16H24BrN3O/c1-15(2)9-13(10-16(3,4)20-15)19-14(21)18-12-7-5-6-11(17)8-12/h5-8,13,20H,9-10H2,1-4H3,(H2,18,19,21). The average molecular weight is 354 g/mol. The van der Waals surface area contributed by atoms with E-state index >= 15 is 0 Å². The molecule has 1 aromatic carbocycles. The van der Waals surface area contributed by atoms with Crippen molar-refractivity contribution < 1.29 is 4.79 Å². The Hall–Kier alpha value is -1.07. The molecule has 5 heteroatoms. The third kappa shape index (κ3) is 5.00. The third-order valence-corrected chi connectivity index (χ3v) is 4.10. The van der Waals surface area contributed by atoms with Gasteiger partial charge in [-0.25, -0.2) is 4.79 Å². The molecule has 2 rings (SSSR count). The largest absolute Gasteiger partial charge is 0.335 e. The highest BCUT2D eigenvalue weighted by Crippen LogP contribution is 2.28. The molecule has 0 saturated carbocycles. The molecule has 0 radical (unpaired) electrons. The van der Waals surface area contributed by atoms with E-state index in [0.717, 1.165) is 23.0 Å². The van der Waals surface area contributed by atoms with E-state index < -0.39 is 0 Å². The molecule has 0 atom stereocenters. The SMILES string of the molecule is CC1(C)CC(NC(=O)Nc2cccc(Br)c2)CC(C)(C)N1. The molecular formula is C16H24BrN3O. The minimum Gasteiger partial charge on any atom is -0.335 e.